The Labute approximate surface area is 184 Å². The molecule has 0 saturated carbocycles. The average Bonchev–Trinajstić information content (AvgIpc) is 3.17. The third-order valence-corrected chi connectivity index (χ3v) is 6.43. The molecule has 0 N–H and O–H groups in total. The second kappa shape index (κ2) is 8.18. The van der Waals surface area contributed by atoms with E-state index in [-0.39, 0.29) is 18.2 Å². The molecule has 15 heteroatoms. The number of aromatic nitrogens is 3. The summed E-state index contributed by atoms with van der Waals surface area (Å²) in [6.45, 7) is 1.03. The number of hydrogen-bond acceptors (Lipinski definition) is 7. The van der Waals surface area contributed by atoms with Crippen LogP contribution >= 0.6 is 0 Å². The van der Waals surface area contributed by atoms with Crippen molar-refractivity contribution in [2.24, 2.45) is 5.10 Å². The molecule has 0 radical (unpaired) electrons. The number of fused-ring (bicyclic) bond motifs is 1. The van der Waals surface area contributed by atoms with E-state index in [1.54, 1.807) is 0 Å². The van der Waals surface area contributed by atoms with Crippen molar-refractivity contribution in [3.05, 3.63) is 41.5 Å². The summed E-state index contributed by atoms with van der Waals surface area (Å²) in [4.78, 5) is 1.90. The lowest BCUT2D eigenvalue weighted by Gasteiger charge is -2.35. The lowest BCUT2D eigenvalue weighted by Crippen LogP contribution is -2.40. The van der Waals surface area contributed by atoms with Gasteiger partial charge in [0.1, 0.15) is 11.6 Å². The van der Waals surface area contributed by atoms with Gasteiger partial charge in [0.05, 0.1) is 0 Å². The van der Waals surface area contributed by atoms with Gasteiger partial charge in [-0.1, -0.05) is 12.1 Å². The van der Waals surface area contributed by atoms with Crippen LogP contribution in [0.4, 0.5) is 26.3 Å². The van der Waals surface area contributed by atoms with Crippen LogP contribution in [0.2, 0.25) is 0 Å². The van der Waals surface area contributed by atoms with Gasteiger partial charge in [-0.25, -0.2) is 0 Å². The Bertz CT molecular complexity index is 1150. The number of rotatable bonds is 3. The van der Waals surface area contributed by atoms with Crippen LogP contribution < -0.4 is 4.18 Å². The molecule has 1 aromatic carbocycles. The number of nitrogens with zero attached hydrogens (tertiary/aromatic N) is 5. The van der Waals surface area contributed by atoms with Crippen LogP contribution in [-0.2, 0) is 22.7 Å². The summed E-state index contributed by atoms with van der Waals surface area (Å²) in [5, 5.41) is 10.9. The summed E-state index contributed by atoms with van der Waals surface area (Å²) in [5.41, 5.74) is -4.73. The van der Waals surface area contributed by atoms with Gasteiger partial charge in [-0.05, 0) is 36.5 Å². The molecule has 2 aliphatic rings. The molecule has 1 fully saturated rings. The SMILES string of the molecule is O=S(=O)(Oc1ccc(C2CCN(C3=Nn4c(nnc4C(F)(F)F)CC3)CC2)cc1)C(F)(F)F. The van der Waals surface area contributed by atoms with Gasteiger partial charge in [0.25, 0.3) is 5.82 Å². The second-order valence-electron chi connectivity index (χ2n) is 7.58. The zero-order valence-electron chi connectivity index (χ0n) is 16.8. The quantitative estimate of drug-likeness (QED) is 0.366. The van der Waals surface area contributed by atoms with Crippen molar-refractivity contribution in [1.82, 2.24) is 19.8 Å². The van der Waals surface area contributed by atoms with E-state index in [0.717, 1.165) is 22.4 Å². The van der Waals surface area contributed by atoms with Gasteiger partial charge in [-0.15, -0.1) is 10.2 Å². The predicted octanol–water partition coefficient (Wildman–Crippen LogP) is 3.51. The number of hydrogen-bond donors (Lipinski definition) is 0. The van der Waals surface area contributed by atoms with Crippen molar-refractivity contribution in [3.63, 3.8) is 0 Å². The van der Waals surface area contributed by atoms with Gasteiger partial charge >= 0.3 is 21.8 Å². The number of alkyl halides is 6. The van der Waals surface area contributed by atoms with Gasteiger partial charge in [0.15, 0.2) is 5.82 Å². The highest BCUT2D eigenvalue weighted by Gasteiger charge is 2.48. The fourth-order valence-corrected chi connectivity index (χ4v) is 4.26. The Hall–Kier alpha value is -2.84. The summed E-state index contributed by atoms with van der Waals surface area (Å²) in [5.74, 6) is -0.923. The van der Waals surface area contributed by atoms with Crippen LogP contribution in [-0.4, -0.2) is 52.6 Å². The Balaban J connectivity index is 1.40. The second-order valence-corrected chi connectivity index (χ2v) is 9.12. The molecule has 0 amide bonds. The van der Waals surface area contributed by atoms with Crippen LogP contribution in [0.5, 0.6) is 5.75 Å². The van der Waals surface area contributed by atoms with Crippen LogP contribution in [0.1, 0.15) is 42.4 Å². The maximum absolute atomic E-state index is 13.1. The van der Waals surface area contributed by atoms with E-state index in [0.29, 0.717) is 38.2 Å². The summed E-state index contributed by atoms with van der Waals surface area (Å²) in [6.07, 6.45) is -2.70. The highest BCUT2D eigenvalue weighted by molar-refractivity contribution is 7.88. The predicted molar refractivity (Wildman–Crippen MR) is 102 cm³/mol. The zero-order valence-corrected chi connectivity index (χ0v) is 17.6. The van der Waals surface area contributed by atoms with Crippen molar-refractivity contribution in [2.75, 3.05) is 13.1 Å². The molecule has 1 aromatic heterocycles. The molecule has 180 valence electrons. The third-order valence-electron chi connectivity index (χ3n) is 5.45. The number of amidine groups is 1. The molecule has 0 aliphatic carbocycles. The van der Waals surface area contributed by atoms with E-state index in [4.69, 9.17) is 0 Å². The molecule has 2 aliphatic heterocycles. The molecule has 0 bridgehead atoms. The summed E-state index contributed by atoms with van der Waals surface area (Å²) >= 11 is 0. The number of benzene rings is 1. The summed E-state index contributed by atoms with van der Waals surface area (Å²) in [6, 6.07) is 5.31. The first-order valence-electron chi connectivity index (χ1n) is 9.80. The minimum absolute atomic E-state index is 0.0370. The highest BCUT2D eigenvalue weighted by Crippen LogP contribution is 2.33. The first-order valence-corrected chi connectivity index (χ1v) is 11.2. The maximum Gasteiger partial charge on any atom is 0.534 e. The van der Waals surface area contributed by atoms with Crippen LogP contribution in [0.25, 0.3) is 0 Å². The van der Waals surface area contributed by atoms with E-state index in [9.17, 15) is 34.8 Å². The first-order chi connectivity index (χ1) is 15.3. The number of aryl methyl sites for hydroxylation is 1. The van der Waals surface area contributed by atoms with Crippen molar-refractivity contribution >= 4 is 16.0 Å². The number of halogens is 6. The van der Waals surface area contributed by atoms with Gasteiger partial charge in [0, 0.05) is 25.9 Å². The van der Waals surface area contributed by atoms with E-state index < -0.39 is 33.4 Å². The van der Waals surface area contributed by atoms with E-state index in [1.165, 1.54) is 12.1 Å². The van der Waals surface area contributed by atoms with Crippen molar-refractivity contribution < 1.29 is 38.9 Å². The Morgan fingerprint density at radius 1 is 0.939 bits per heavy atom. The first kappa shape index (κ1) is 23.3. The Morgan fingerprint density at radius 3 is 2.15 bits per heavy atom. The molecule has 1 saturated heterocycles. The zero-order chi connectivity index (χ0) is 24.0. The maximum atomic E-state index is 13.1. The van der Waals surface area contributed by atoms with E-state index >= 15 is 0 Å². The highest BCUT2D eigenvalue weighted by atomic mass is 32.2. The monoisotopic (exact) mass is 497 g/mol. The molecule has 2 aromatic rings. The fraction of sp³-hybridized carbons (Fsp3) is 0.500. The Kier molecular flexibility index (Phi) is 5.78. The normalized spacial score (nSPS) is 18.1. The molecule has 0 unspecified atom stereocenters. The van der Waals surface area contributed by atoms with Crippen molar-refractivity contribution in [3.8, 4) is 5.75 Å². The topological polar surface area (TPSA) is 89.7 Å². The smallest absolute Gasteiger partial charge is 0.376 e. The summed E-state index contributed by atoms with van der Waals surface area (Å²) < 4.78 is 104. The largest absolute Gasteiger partial charge is 0.534 e. The number of piperidine rings is 1. The average molecular weight is 497 g/mol. The molecule has 4 rings (SSSR count). The minimum Gasteiger partial charge on any atom is -0.376 e. The number of likely N-dealkylation sites (tertiary alicyclic amines) is 1. The van der Waals surface area contributed by atoms with Crippen LogP contribution in [0.3, 0.4) is 0 Å². The summed E-state index contributed by atoms with van der Waals surface area (Å²) in [7, 11) is -5.74. The van der Waals surface area contributed by atoms with Crippen molar-refractivity contribution in [1.29, 1.82) is 0 Å². The third kappa shape index (κ3) is 4.77. The molecule has 8 nitrogen and oxygen atoms in total. The van der Waals surface area contributed by atoms with E-state index in [2.05, 4.69) is 19.5 Å². The van der Waals surface area contributed by atoms with Crippen LogP contribution in [0, 0.1) is 0 Å². The molecule has 33 heavy (non-hydrogen) atoms. The lowest BCUT2D eigenvalue weighted by atomic mass is 9.89. The van der Waals surface area contributed by atoms with Gasteiger partial charge < -0.3 is 9.08 Å². The van der Waals surface area contributed by atoms with Crippen LogP contribution in [0.15, 0.2) is 29.4 Å². The van der Waals surface area contributed by atoms with Crippen molar-refractivity contribution in [2.45, 2.75) is 43.3 Å². The van der Waals surface area contributed by atoms with Gasteiger partial charge in [0.2, 0.25) is 0 Å². The molecule has 0 atom stereocenters. The molecule has 0 spiro atoms. The molecule has 3 heterocycles. The lowest BCUT2D eigenvalue weighted by molar-refractivity contribution is -0.147. The van der Waals surface area contributed by atoms with Gasteiger partial charge in [-0.2, -0.15) is 44.5 Å². The standard InChI is InChI=1S/C18H17F6N5O3S/c19-17(20,21)16-26-25-14-5-6-15(27-29(14)16)28-9-7-12(8-10-28)11-1-3-13(4-2-11)32-33(30,31)18(22,23)24/h1-4,12H,5-10H2. The fourth-order valence-electron chi connectivity index (χ4n) is 3.80. The van der Waals surface area contributed by atoms with Gasteiger partial charge in [-0.3, -0.25) is 0 Å². The van der Waals surface area contributed by atoms with E-state index in [1.807, 2.05) is 4.90 Å². The Morgan fingerprint density at radius 2 is 1.58 bits per heavy atom. The minimum atomic E-state index is -5.74. The molecular formula is C18H17F6N5O3S. The molecular weight excluding hydrogens is 480 g/mol.